The first-order valence-electron chi connectivity index (χ1n) is 9.19. The van der Waals surface area contributed by atoms with Crippen molar-refractivity contribution < 1.29 is 14.0 Å². The highest BCUT2D eigenvalue weighted by molar-refractivity contribution is 7.14. The van der Waals surface area contributed by atoms with Crippen LogP contribution in [0.3, 0.4) is 0 Å². The first kappa shape index (κ1) is 20.6. The van der Waals surface area contributed by atoms with Crippen molar-refractivity contribution in [1.82, 2.24) is 14.9 Å². The zero-order chi connectivity index (χ0) is 20.8. The Morgan fingerprint density at radius 1 is 1.24 bits per heavy atom. The van der Waals surface area contributed by atoms with Crippen LogP contribution in [0.4, 0.5) is 9.52 Å². The Morgan fingerprint density at radius 2 is 2.03 bits per heavy atom. The smallest absolute Gasteiger partial charge is 0.260 e. The molecule has 0 aliphatic heterocycles. The van der Waals surface area contributed by atoms with Crippen molar-refractivity contribution >= 4 is 28.3 Å². The molecule has 3 aromatic rings. The standard InChI is InChI=1S/C21H21FN4O2S/c1-3-26(14(2)15-7-6-10-23-12-15)19(27)11-16-13-29-21(24-16)25-20(28)17-8-4-5-9-18(17)22/h4-10,12-14H,3,11H2,1-2H3,(H,24,25,28). The highest BCUT2D eigenvalue weighted by Gasteiger charge is 2.21. The van der Waals surface area contributed by atoms with Crippen LogP contribution >= 0.6 is 11.3 Å². The summed E-state index contributed by atoms with van der Waals surface area (Å²) in [5.41, 5.74) is 1.46. The molecule has 0 aliphatic carbocycles. The lowest BCUT2D eigenvalue weighted by atomic mass is 10.1. The van der Waals surface area contributed by atoms with Gasteiger partial charge in [0.25, 0.3) is 5.91 Å². The van der Waals surface area contributed by atoms with Gasteiger partial charge < -0.3 is 4.90 Å². The molecule has 150 valence electrons. The molecular formula is C21H21FN4O2S. The summed E-state index contributed by atoms with van der Waals surface area (Å²) in [6.45, 7) is 4.43. The number of anilines is 1. The summed E-state index contributed by atoms with van der Waals surface area (Å²) >= 11 is 1.20. The van der Waals surface area contributed by atoms with Crippen LogP contribution in [0.25, 0.3) is 0 Å². The van der Waals surface area contributed by atoms with Gasteiger partial charge in [-0.2, -0.15) is 0 Å². The molecule has 0 fully saturated rings. The monoisotopic (exact) mass is 412 g/mol. The molecule has 0 saturated heterocycles. The third kappa shape index (κ3) is 5.03. The van der Waals surface area contributed by atoms with Crippen LogP contribution in [0.2, 0.25) is 0 Å². The molecule has 29 heavy (non-hydrogen) atoms. The second-order valence-corrected chi connectivity index (χ2v) is 7.25. The van der Waals surface area contributed by atoms with E-state index in [9.17, 15) is 14.0 Å². The second kappa shape index (κ2) is 9.38. The van der Waals surface area contributed by atoms with E-state index in [0.717, 1.165) is 5.56 Å². The number of nitrogens with one attached hydrogen (secondary N) is 1. The maximum absolute atomic E-state index is 13.7. The lowest BCUT2D eigenvalue weighted by molar-refractivity contribution is -0.132. The number of likely N-dealkylation sites (N-methyl/N-ethyl adjacent to an activating group) is 1. The molecule has 0 radical (unpaired) electrons. The summed E-state index contributed by atoms with van der Waals surface area (Å²) in [4.78, 5) is 35.2. The summed E-state index contributed by atoms with van der Waals surface area (Å²) in [5, 5.41) is 4.62. The molecule has 2 heterocycles. The summed E-state index contributed by atoms with van der Waals surface area (Å²) in [6.07, 6.45) is 3.56. The van der Waals surface area contributed by atoms with Gasteiger partial charge in [-0.05, 0) is 37.6 Å². The van der Waals surface area contributed by atoms with Crippen molar-refractivity contribution in [2.24, 2.45) is 0 Å². The summed E-state index contributed by atoms with van der Waals surface area (Å²) in [7, 11) is 0. The molecule has 3 rings (SSSR count). The van der Waals surface area contributed by atoms with Gasteiger partial charge in [0.2, 0.25) is 5.91 Å². The first-order chi connectivity index (χ1) is 14.0. The third-order valence-electron chi connectivity index (χ3n) is 4.52. The number of benzene rings is 1. The molecule has 0 saturated carbocycles. The minimum Gasteiger partial charge on any atom is -0.336 e. The molecule has 1 aromatic carbocycles. The minimum absolute atomic E-state index is 0.0530. The fraction of sp³-hybridized carbons (Fsp3) is 0.238. The number of nitrogens with zero attached hydrogens (tertiary/aromatic N) is 3. The molecule has 2 amide bonds. The van der Waals surface area contributed by atoms with Crippen LogP contribution in [0.15, 0.2) is 54.2 Å². The molecule has 0 bridgehead atoms. The zero-order valence-corrected chi connectivity index (χ0v) is 16.9. The summed E-state index contributed by atoms with van der Waals surface area (Å²) in [6, 6.07) is 9.41. The fourth-order valence-electron chi connectivity index (χ4n) is 2.98. The number of rotatable bonds is 7. The Labute approximate surface area is 172 Å². The summed E-state index contributed by atoms with van der Waals surface area (Å²) in [5.74, 6) is -1.24. The lowest BCUT2D eigenvalue weighted by Crippen LogP contribution is -2.34. The van der Waals surface area contributed by atoms with Crippen molar-refractivity contribution in [3.8, 4) is 0 Å². The predicted molar refractivity (Wildman–Crippen MR) is 110 cm³/mol. The van der Waals surface area contributed by atoms with Gasteiger partial charge in [0.05, 0.1) is 23.7 Å². The van der Waals surface area contributed by atoms with Crippen LogP contribution in [-0.4, -0.2) is 33.2 Å². The molecule has 1 N–H and O–H groups in total. The Kier molecular flexibility index (Phi) is 6.66. The van der Waals surface area contributed by atoms with Crippen LogP contribution < -0.4 is 5.32 Å². The van der Waals surface area contributed by atoms with Gasteiger partial charge in [-0.25, -0.2) is 9.37 Å². The summed E-state index contributed by atoms with van der Waals surface area (Å²) < 4.78 is 13.7. The van der Waals surface area contributed by atoms with Gasteiger partial charge in [-0.3, -0.25) is 19.9 Å². The maximum atomic E-state index is 13.7. The van der Waals surface area contributed by atoms with Crippen molar-refractivity contribution in [1.29, 1.82) is 0 Å². The number of hydrogen-bond donors (Lipinski definition) is 1. The number of hydrogen-bond acceptors (Lipinski definition) is 5. The van der Waals surface area contributed by atoms with Gasteiger partial charge in [-0.15, -0.1) is 11.3 Å². The first-order valence-corrected chi connectivity index (χ1v) is 10.1. The van der Waals surface area contributed by atoms with Crippen LogP contribution in [-0.2, 0) is 11.2 Å². The van der Waals surface area contributed by atoms with Crippen molar-refractivity contribution in [2.75, 3.05) is 11.9 Å². The van der Waals surface area contributed by atoms with E-state index >= 15 is 0 Å². The number of thiazole rings is 1. The van der Waals surface area contributed by atoms with Crippen LogP contribution in [0.5, 0.6) is 0 Å². The highest BCUT2D eigenvalue weighted by atomic mass is 32.1. The zero-order valence-electron chi connectivity index (χ0n) is 16.1. The molecule has 6 nitrogen and oxygen atoms in total. The quantitative estimate of drug-likeness (QED) is 0.634. The number of halogens is 1. The Hall–Kier alpha value is -3.13. The number of aromatic nitrogens is 2. The highest BCUT2D eigenvalue weighted by Crippen LogP contribution is 2.22. The van der Waals surface area contributed by atoms with Gasteiger partial charge in [-0.1, -0.05) is 18.2 Å². The molecule has 1 atom stereocenters. The number of carbonyl (C=O) groups excluding carboxylic acids is 2. The van der Waals surface area contributed by atoms with E-state index in [2.05, 4.69) is 15.3 Å². The van der Waals surface area contributed by atoms with Crippen molar-refractivity contribution in [2.45, 2.75) is 26.3 Å². The molecule has 2 aromatic heterocycles. The lowest BCUT2D eigenvalue weighted by Gasteiger charge is -2.28. The molecule has 8 heteroatoms. The van der Waals surface area contributed by atoms with E-state index in [1.54, 1.807) is 28.7 Å². The van der Waals surface area contributed by atoms with Crippen LogP contribution in [0, 0.1) is 5.82 Å². The van der Waals surface area contributed by atoms with Crippen LogP contribution in [0.1, 0.15) is 41.5 Å². The predicted octanol–water partition coefficient (Wildman–Crippen LogP) is 4.08. The molecule has 0 aliphatic rings. The van der Waals surface area contributed by atoms with E-state index in [1.807, 2.05) is 26.0 Å². The van der Waals surface area contributed by atoms with Gasteiger partial charge in [0.15, 0.2) is 5.13 Å². The number of pyridine rings is 1. The van der Waals surface area contributed by atoms with Gasteiger partial charge >= 0.3 is 0 Å². The molecule has 0 spiro atoms. The molecule has 1 unspecified atom stereocenters. The Bertz CT molecular complexity index is 993. The number of amides is 2. The average Bonchev–Trinajstić information content (AvgIpc) is 3.16. The van der Waals surface area contributed by atoms with E-state index < -0.39 is 11.7 Å². The second-order valence-electron chi connectivity index (χ2n) is 6.40. The van der Waals surface area contributed by atoms with Gasteiger partial charge in [0, 0.05) is 24.3 Å². The van der Waals surface area contributed by atoms with E-state index in [1.165, 1.54) is 29.5 Å². The Morgan fingerprint density at radius 3 is 2.72 bits per heavy atom. The topological polar surface area (TPSA) is 75.2 Å². The average molecular weight is 412 g/mol. The third-order valence-corrected chi connectivity index (χ3v) is 5.32. The fourth-order valence-corrected chi connectivity index (χ4v) is 3.69. The normalized spacial score (nSPS) is 11.7. The SMILES string of the molecule is CCN(C(=O)Cc1csc(NC(=O)c2ccccc2F)n1)C(C)c1cccnc1. The van der Waals surface area contributed by atoms with Gasteiger partial charge in [0.1, 0.15) is 5.82 Å². The maximum Gasteiger partial charge on any atom is 0.260 e. The van der Waals surface area contributed by atoms with E-state index in [0.29, 0.717) is 17.4 Å². The minimum atomic E-state index is -0.597. The Balaban J connectivity index is 1.65. The number of carbonyl (C=O) groups is 2. The van der Waals surface area contributed by atoms with Crippen molar-refractivity contribution in [3.63, 3.8) is 0 Å². The van der Waals surface area contributed by atoms with Crippen molar-refractivity contribution in [3.05, 3.63) is 76.8 Å². The molecular weight excluding hydrogens is 391 g/mol. The van der Waals surface area contributed by atoms with E-state index in [-0.39, 0.29) is 23.9 Å². The largest absolute Gasteiger partial charge is 0.336 e. The van der Waals surface area contributed by atoms with E-state index in [4.69, 9.17) is 0 Å².